The summed E-state index contributed by atoms with van der Waals surface area (Å²) in [5.41, 5.74) is 1.10. The minimum atomic E-state index is -3.81. The molecule has 0 saturated heterocycles. The summed E-state index contributed by atoms with van der Waals surface area (Å²) in [4.78, 5) is 20.7. The maximum Gasteiger partial charge on any atom is 0.255 e. The molecule has 0 unspecified atom stereocenters. The van der Waals surface area contributed by atoms with Gasteiger partial charge < -0.3 is 10.4 Å². The zero-order chi connectivity index (χ0) is 20.9. The molecule has 0 bridgehead atoms. The number of phenols is 1. The molecular formula is C20H16N4O4S. The van der Waals surface area contributed by atoms with Crippen molar-refractivity contribution in [2.45, 2.75) is 4.90 Å². The number of terminal acetylenes is 1. The number of amides is 1. The zero-order valence-corrected chi connectivity index (χ0v) is 15.8. The van der Waals surface area contributed by atoms with Crippen LogP contribution in [0.1, 0.15) is 10.4 Å². The molecule has 0 radical (unpaired) electrons. The third-order valence-electron chi connectivity index (χ3n) is 3.78. The first kappa shape index (κ1) is 20.0. The largest absolute Gasteiger partial charge is 0.508 e. The predicted molar refractivity (Wildman–Crippen MR) is 108 cm³/mol. The van der Waals surface area contributed by atoms with Crippen LogP contribution in [0.3, 0.4) is 0 Å². The molecule has 146 valence electrons. The molecule has 29 heavy (non-hydrogen) atoms. The van der Waals surface area contributed by atoms with Crippen LogP contribution < -0.4 is 10.0 Å². The molecule has 0 aliphatic heterocycles. The first-order chi connectivity index (χ1) is 13.9. The molecule has 1 aromatic heterocycles. The van der Waals surface area contributed by atoms with E-state index in [9.17, 15) is 18.3 Å². The summed E-state index contributed by atoms with van der Waals surface area (Å²) in [5, 5.41) is 12.1. The van der Waals surface area contributed by atoms with E-state index in [2.05, 4.69) is 25.9 Å². The van der Waals surface area contributed by atoms with Crippen molar-refractivity contribution >= 4 is 21.6 Å². The van der Waals surface area contributed by atoms with Gasteiger partial charge in [0.05, 0.1) is 29.5 Å². The lowest BCUT2D eigenvalue weighted by atomic mass is 10.2. The van der Waals surface area contributed by atoms with Crippen molar-refractivity contribution in [3.05, 3.63) is 66.5 Å². The summed E-state index contributed by atoms with van der Waals surface area (Å²) >= 11 is 0. The summed E-state index contributed by atoms with van der Waals surface area (Å²) in [6.45, 7) is -0.151. The first-order valence-electron chi connectivity index (χ1n) is 8.35. The third kappa shape index (κ3) is 4.95. The minimum absolute atomic E-state index is 0.0733. The van der Waals surface area contributed by atoms with E-state index in [1.165, 1.54) is 48.8 Å². The second-order valence-corrected chi connectivity index (χ2v) is 7.62. The second kappa shape index (κ2) is 8.52. The van der Waals surface area contributed by atoms with E-state index < -0.39 is 15.9 Å². The Bertz CT molecular complexity index is 1190. The third-order valence-corrected chi connectivity index (χ3v) is 5.18. The van der Waals surface area contributed by atoms with E-state index in [0.717, 1.165) is 0 Å². The summed E-state index contributed by atoms with van der Waals surface area (Å²) in [6, 6.07) is 12.0. The number of nitrogens with zero attached hydrogens (tertiary/aromatic N) is 2. The van der Waals surface area contributed by atoms with Gasteiger partial charge >= 0.3 is 0 Å². The quantitative estimate of drug-likeness (QED) is 0.537. The molecule has 2 aromatic carbocycles. The fraction of sp³-hybridized carbons (Fsp3) is 0.0500. The van der Waals surface area contributed by atoms with Crippen molar-refractivity contribution in [2.24, 2.45) is 0 Å². The average Bonchev–Trinajstić information content (AvgIpc) is 2.73. The number of carbonyl (C=O) groups is 1. The molecule has 1 heterocycles. The summed E-state index contributed by atoms with van der Waals surface area (Å²) in [6.07, 6.45) is 7.90. The molecular weight excluding hydrogens is 392 g/mol. The van der Waals surface area contributed by atoms with Gasteiger partial charge in [-0.2, -0.15) is 4.72 Å². The Morgan fingerprint density at radius 1 is 1.10 bits per heavy atom. The Morgan fingerprint density at radius 2 is 1.83 bits per heavy atom. The molecule has 3 N–H and O–H groups in total. The monoisotopic (exact) mass is 408 g/mol. The Morgan fingerprint density at radius 3 is 2.52 bits per heavy atom. The lowest BCUT2D eigenvalue weighted by molar-refractivity contribution is 0.102. The Balaban J connectivity index is 1.75. The van der Waals surface area contributed by atoms with Gasteiger partial charge in [-0.25, -0.2) is 18.4 Å². The standard InChI is InChI=1S/C20H16N4O4S/c1-2-9-23-29(27,28)18-8-4-6-15(11-18)20(26)24-16-12-21-19(22-13-16)14-5-3-7-17(25)10-14/h1,3-8,10-13,23,25H,9H2,(H,24,26). The highest BCUT2D eigenvalue weighted by Gasteiger charge is 2.16. The van der Waals surface area contributed by atoms with Crippen LogP contribution in [-0.2, 0) is 10.0 Å². The maximum atomic E-state index is 12.5. The van der Waals surface area contributed by atoms with Crippen LogP contribution in [0, 0.1) is 12.3 Å². The summed E-state index contributed by atoms with van der Waals surface area (Å²) in [7, 11) is -3.81. The molecule has 0 aliphatic carbocycles. The number of aromatic hydroxyl groups is 1. The van der Waals surface area contributed by atoms with Gasteiger partial charge in [0.25, 0.3) is 5.91 Å². The van der Waals surface area contributed by atoms with Gasteiger partial charge in [-0.3, -0.25) is 4.79 Å². The van der Waals surface area contributed by atoms with Gasteiger partial charge in [-0.1, -0.05) is 24.1 Å². The fourth-order valence-electron chi connectivity index (χ4n) is 2.41. The molecule has 3 rings (SSSR count). The highest BCUT2D eigenvalue weighted by Crippen LogP contribution is 2.20. The van der Waals surface area contributed by atoms with Crippen LogP contribution in [0.15, 0.2) is 65.8 Å². The second-order valence-electron chi connectivity index (χ2n) is 5.86. The normalized spacial score (nSPS) is 10.9. The van der Waals surface area contributed by atoms with Gasteiger partial charge in [0.15, 0.2) is 5.82 Å². The van der Waals surface area contributed by atoms with Crippen molar-refractivity contribution in [1.29, 1.82) is 0 Å². The van der Waals surface area contributed by atoms with Crippen molar-refractivity contribution in [3.63, 3.8) is 0 Å². The van der Waals surface area contributed by atoms with E-state index in [4.69, 9.17) is 6.42 Å². The molecule has 0 saturated carbocycles. The highest BCUT2D eigenvalue weighted by atomic mass is 32.2. The number of carbonyl (C=O) groups excluding carboxylic acids is 1. The number of benzene rings is 2. The Hall–Kier alpha value is -3.74. The van der Waals surface area contributed by atoms with Crippen molar-refractivity contribution in [3.8, 4) is 29.5 Å². The number of nitrogens with one attached hydrogen (secondary N) is 2. The fourth-order valence-corrected chi connectivity index (χ4v) is 3.39. The summed E-state index contributed by atoms with van der Waals surface area (Å²) in [5.74, 6) is 2.14. The SMILES string of the molecule is C#CCNS(=O)(=O)c1cccc(C(=O)Nc2cnc(-c3cccc(O)c3)nc2)c1. The number of phenolic OH excluding ortho intramolecular Hbond substituents is 1. The lowest BCUT2D eigenvalue weighted by Gasteiger charge is -2.08. The maximum absolute atomic E-state index is 12.5. The van der Waals surface area contributed by atoms with Gasteiger partial charge in [0.2, 0.25) is 10.0 Å². The number of aromatic nitrogens is 2. The van der Waals surface area contributed by atoms with Crippen LogP contribution in [0.5, 0.6) is 5.75 Å². The first-order valence-corrected chi connectivity index (χ1v) is 9.83. The number of hydrogen-bond acceptors (Lipinski definition) is 6. The molecule has 1 amide bonds. The van der Waals surface area contributed by atoms with Crippen LogP contribution >= 0.6 is 0 Å². The van der Waals surface area contributed by atoms with Crippen LogP contribution in [0.2, 0.25) is 0 Å². The van der Waals surface area contributed by atoms with Gasteiger partial charge in [0.1, 0.15) is 5.75 Å². The molecule has 0 atom stereocenters. The van der Waals surface area contributed by atoms with Crippen molar-refractivity contribution in [2.75, 3.05) is 11.9 Å². The van der Waals surface area contributed by atoms with E-state index >= 15 is 0 Å². The van der Waals surface area contributed by atoms with E-state index in [-0.39, 0.29) is 22.8 Å². The topological polar surface area (TPSA) is 121 Å². The van der Waals surface area contributed by atoms with E-state index in [1.54, 1.807) is 12.1 Å². The summed E-state index contributed by atoms with van der Waals surface area (Å²) < 4.78 is 26.5. The smallest absolute Gasteiger partial charge is 0.255 e. The van der Waals surface area contributed by atoms with Gasteiger partial charge in [-0.05, 0) is 30.3 Å². The number of anilines is 1. The van der Waals surface area contributed by atoms with Crippen LogP contribution in [0.25, 0.3) is 11.4 Å². The molecule has 9 heteroatoms. The zero-order valence-electron chi connectivity index (χ0n) is 15.0. The molecule has 0 aliphatic rings. The van der Waals surface area contributed by atoms with Crippen molar-refractivity contribution < 1.29 is 18.3 Å². The number of hydrogen-bond donors (Lipinski definition) is 3. The van der Waals surface area contributed by atoms with Gasteiger partial charge in [0, 0.05) is 11.1 Å². The van der Waals surface area contributed by atoms with Crippen LogP contribution in [0.4, 0.5) is 5.69 Å². The molecule has 3 aromatic rings. The highest BCUT2D eigenvalue weighted by molar-refractivity contribution is 7.89. The average molecular weight is 408 g/mol. The number of rotatable bonds is 6. The molecule has 0 fully saturated rings. The van der Waals surface area contributed by atoms with Crippen molar-refractivity contribution in [1.82, 2.24) is 14.7 Å². The van der Waals surface area contributed by atoms with E-state index in [0.29, 0.717) is 17.1 Å². The number of sulfonamides is 1. The molecule has 0 spiro atoms. The molecule has 8 nitrogen and oxygen atoms in total. The minimum Gasteiger partial charge on any atom is -0.508 e. The van der Waals surface area contributed by atoms with Gasteiger partial charge in [-0.15, -0.1) is 6.42 Å². The Labute approximate surface area is 167 Å². The van der Waals surface area contributed by atoms with Crippen LogP contribution in [-0.4, -0.2) is 35.9 Å². The predicted octanol–water partition coefficient (Wildman–Crippen LogP) is 2.01. The lowest BCUT2D eigenvalue weighted by Crippen LogP contribution is -2.24. The Kier molecular flexibility index (Phi) is 5.87. The van der Waals surface area contributed by atoms with E-state index in [1.807, 2.05) is 0 Å².